The zero-order chi connectivity index (χ0) is 27.8. The molecule has 1 saturated carbocycles. The van der Waals surface area contributed by atoms with E-state index in [1.54, 1.807) is 45.0 Å². The van der Waals surface area contributed by atoms with Gasteiger partial charge < -0.3 is 19.7 Å². The molecule has 0 bridgehead atoms. The van der Waals surface area contributed by atoms with Gasteiger partial charge in [0.25, 0.3) is 11.8 Å². The third-order valence-electron chi connectivity index (χ3n) is 6.19. The Labute approximate surface area is 223 Å². The van der Waals surface area contributed by atoms with Crippen LogP contribution in [0, 0.1) is 11.7 Å². The average Bonchev–Trinajstić information content (AvgIpc) is 3.46. The van der Waals surface area contributed by atoms with E-state index in [2.05, 4.69) is 5.32 Å². The first-order valence-electron chi connectivity index (χ1n) is 12.1. The first-order chi connectivity index (χ1) is 17.8. The molecule has 1 unspecified atom stereocenters. The minimum atomic E-state index is -2.91. The summed E-state index contributed by atoms with van der Waals surface area (Å²) in [6.45, 7) is 5.13. The van der Waals surface area contributed by atoms with Gasteiger partial charge in [-0.05, 0) is 50.6 Å². The van der Waals surface area contributed by atoms with Gasteiger partial charge in [-0.15, -0.1) is 11.8 Å². The van der Waals surface area contributed by atoms with Crippen molar-refractivity contribution in [2.75, 3.05) is 17.8 Å². The van der Waals surface area contributed by atoms with E-state index in [4.69, 9.17) is 9.47 Å². The summed E-state index contributed by atoms with van der Waals surface area (Å²) in [5.41, 5.74) is -0.161. The largest absolute Gasteiger partial charge is 0.497 e. The smallest absolute Gasteiger partial charge is 0.408 e. The summed E-state index contributed by atoms with van der Waals surface area (Å²) in [4.78, 5) is 40.7. The van der Waals surface area contributed by atoms with E-state index in [0.717, 1.165) is 17.8 Å². The number of carbonyl (C=O) groups is 3. The summed E-state index contributed by atoms with van der Waals surface area (Å²) in [5.74, 6) is -5.40. The van der Waals surface area contributed by atoms with Crippen molar-refractivity contribution in [2.45, 2.75) is 62.6 Å². The monoisotopic (exact) mass is 550 g/mol. The summed E-state index contributed by atoms with van der Waals surface area (Å²) in [6, 6.07) is 8.33. The van der Waals surface area contributed by atoms with Gasteiger partial charge in [-0.3, -0.25) is 9.59 Å². The van der Waals surface area contributed by atoms with Crippen LogP contribution in [0.3, 0.4) is 0 Å². The van der Waals surface area contributed by atoms with Gasteiger partial charge in [0.1, 0.15) is 23.2 Å². The number of alkyl carbamates (subject to hydrolysis) is 1. The quantitative estimate of drug-likeness (QED) is 0.452. The molecule has 1 N–H and O–H groups in total. The van der Waals surface area contributed by atoms with Gasteiger partial charge in [0, 0.05) is 29.4 Å². The molecule has 1 aliphatic carbocycles. The number of amides is 2. The summed E-state index contributed by atoms with van der Waals surface area (Å²) >= 11 is 1.14. The van der Waals surface area contributed by atoms with Crippen molar-refractivity contribution in [3.63, 3.8) is 0 Å². The lowest BCUT2D eigenvalue weighted by atomic mass is 10.0. The number of methoxy groups -OCH3 is 1. The van der Waals surface area contributed by atoms with E-state index in [1.165, 1.54) is 18.1 Å². The standard InChI is InChI=1S/C27H29F3N2O5S/c1-26(2,3)37-25(35)31-20-14-38-23-11-19(28)18(22(33)9-16-12-27(16,29)30)10-21(23)32(24(20)34)13-15-5-7-17(36-4)8-6-15/h5-8,10-11,16,20H,9,12-14H2,1-4H3,(H,31,35)/t16?,20-/m0/s1. The number of thioether (sulfide) groups is 1. The lowest BCUT2D eigenvalue weighted by Gasteiger charge is -2.27. The number of fused-ring (bicyclic) bond motifs is 1. The molecular formula is C27H29F3N2O5S. The lowest BCUT2D eigenvalue weighted by molar-refractivity contribution is -0.120. The predicted molar refractivity (Wildman–Crippen MR) is 136 cm³/mol. The molecule has 1 fully saturated rings. The van der Waals surface area contributed by atoms with Crippen LogP contribution in [0.1, 0.15) is 49.5 Å². The van der Waals surface area contributed by atoms with Crippen LogP contribution in [-0.2, 0) is 16.1 Å². The van der Waals surface area contributed by atoms with Crippen LogP contribution in [0.15, 0.2) is 41.3 Å². The molecule has 38 heavy (non-hydrogen) atoms. The SMILES string of the molecule is COc1ccc(CN2C(=O)[C@@H](NC(=O)OC(C)(C)C)CSc3cc(F)c(C(=O)CC4CC4(F)F)cc32)cc1. The zero-order valence-electron chi connectivity index (χ0n) is 21.5. The maximum atomic E-state index is 15.0. The molecule has 0 spiro atoms. The molecule has 11 heteroatoms. The van der Waals surface area contributed by atoms with Gasteiger partial charge in [-0.1, -0.05) is 12.1 Å². The molecule has 2 aromatic carbocycles. The van der Waals surface area contributed by atoms with Crippen LogP contribution in [0.4, 0.5) is 23.7 Å². The number of alkyl halides is 2. The highest BCUT2D eigenvalue weighted by atomic mass is 32.2. The van der Waals surface area contributed by atoms with Crippen molar-refractivity contribution in [1.29, 1.82) is 0 Å². The minimum absolute atomic E-state index is 0.0445. The van der Waals surface area contributed by atoms with Crippen molar-refractivity contribution in [2.24, 2.45) is 5.92 Å². The van der Waals surface area contributed by atoms with E-state index >= 15 is 4.39 Å². The Hall–Kier alpha value is -3.21. The molecule has 4 rings (SSSR count). The van der Waals surface area contributed by atoms with Crippen LogP contribution < -0.4 is 15.0 Å². The number of ketones is 1. The summed E-state index contributed by atoms with van der Waals surface area (Å²) in [5, 5.41) is 2.59. The maximum absolute atomic E-state index is 15.0. The highest BCUT2D eigenvalue weighted by Gasteiger charge is 2.57. The number of rotatable bonds is 7. The first kappa shape index (κ1) is 27.8. The van der Waals surface area contributed by atoms with Crippen LogP contribution in [-0.4, -0.2) is 48.2 Å². The molecule has 0 saturated heterocycles. The minimum Gasteiger partial charge on any atom is -0.497 e. The zero-order valence-corrected chi connectivity index (χ0v) is 22.3. The van der Waals surface area contributed by atoms with Crippen LogP contribution in [0.5, 0.6) is 5.75 Å². The number of ether oxygens (including phenoxy) is 2. The van der Waals surface area contributed by atoms with Crippen molar-refractivity contribution in [3.05, 3.63) is 53.3 Å². The third-order valence-corrected chi connectivity index (χ3v) is 7.33. The van der Waals surface area contributed by atoms with Gasteiger partial charge in [0.15, 0.2) is 5.78 Å². The van der Waals surface area contributed by atoms with Crippen molar-refractivity contribution < 1.29 is 37.0 Å². The molecule has 1 heterocycles. The summed E-state index contributed by atoms with van der Waals surface area (Å²) < 4.78 is 52.3. The van der Waals surface area contributed by atoms with Gasteiger partial charge in [-0.2, -0.15) is 0 Å². The molecule has 2 aliphatic rings. The summed E-state index contributed by atoms with van der Waals surface area (Å²) in [6.07, 6.45) is -1.66. The van der Waals surface area contributed by atoms with E-state index in [-0.39, 0.29) is 23.5 Å². The van der Waals surface area contributed by atoms with Gasteiger partial charge >= 0.3 is 6.09 Å². The van der Waals surface area contributed by atoms with E-state index in [0.29, 0.717) is 16.2 Å². The fraction of sp³-hybridized carbons (Fsp3) is 0.444. The summed E-state index contributed by atoms with van der Waals surface area (Å²) in [7, 11) is 1.53. The molecule has 2 amide bonds. The molecule has 0 aromatic heterocycles. The topological polar surface area (TPSA) is 84.9 Å². The van der Waals surface area contributed by atoms with Crippen molar-refractivity contribution >= 4 is 35.2 Å². The number of hydrogen-bond acceptors (Lipinski definition) is 6. The normalized spacial score (nSPS) is 20.3. The Morgan fingerprint density at radius 3 is 2.42 bits per heavy atom. The fourth-order valence-electron chi connectivity index (χ4n) is 4.09. The highest BCUT2D eigenvalue weighted by Crippen LogP contribution is 2.51. The second-order valence-electron chi connectivity index (χ2n) is 10.4. The average molecular weight is 551 g/mol. The second-order valence-corrected chi connectivity index (χ2v) is 11.4. The molecule has 7 nitrogen and oxygen atoms in total. The van der Waals surface area contributed by atoms with E-state index < -0.39 is 59.9 Å². The number of nitrogens with zero attached hydrogens (tertiary/aromatic N) is 1. The Bertz CT molecular complexity index is 1250. The lowest BCUT2D eigenvalue weighted by Crippen LogP contribution is -2.50. The molecule has 1 aliphatic heterocycles. The van der Waals surface area contributed by atoms with E-state index in [9.17, 15) is 23.2 Å². The number of hydrogen-bond donors (Lipinski definition) is 1. The Kier molecular flexibility index (Phi) is 7.69. The highest BCUT2D eigenvalue weighted by molar-refractivity contribution is 7.99. The molecular weight excluding hydrogens is 521 g/mol. The van der Waals surface area contributed by atoms with Crippen LogP contribution in [0.25, 0.3) is 0 Å². The van der Waals surface area contributed by atoms with Gasteiger partial charge in [0.2, 0.25) is 0 Å². The Balaban J connectivity index is 1.67. The second kappa shape index (κ2) is 10.5. The van der Waals surface area contributed by atoms with Gasteiger partial charge in [0.05, 0.1) is 24.9 Å². The Morgan fingerprint density at radius 2 is 1.84 bits per heavy atom. The molecule has 2 atom stereocenters. The fourth-order valence-corrected chi connectivity index (χ4v) is 5.17. The predicted octanol–water partition coefficient (Wildman–Crippen LogP) is 5.59. The van der Waals surface area contributed by atoms with E-state index in [1.807, 2.05) is 0 Å². The third kappa shape index (κ3) is 6.43. The number of nitrogens with one attached hydrogen (secondary N) is 1. The molecule has 2 aromatic rings. The number of halogens is 3. The molecule has 0 radical (unpaired) electrons. The van der Waals surface area contributed by atoms with Crippen molar-refractivity contribution in [3.8, 4) is 5.75 Å². The number of benzene rings is 2. The number of carbonyl (C=O) groups excluding carboxylic acids is 3. The molecule has 204 valence electrons. The van der Waals surface area contributed by atoms with Crippen LogP contribution in [0.2, 0.25) is 0 Å². The van der Waals surface area contributed by atoms with Gasteiger partial charge in [-0.25, -0.2) is 18.0 Å². The Morgan fingerprint density at radius 1 is 1.18 bits per heavy atom. The van der Waals surface area contributed by atoms with Crippen LogP contribution >= 0.6 is 11.8 Å². The maximum Gasteiger partial charge on any atom is 0.408 e. The van der Waals surface area contributed by atoms with Crippen molar-refractivity contribution in [1.82, 2.24) is 5.32 Å². The number of Topliss-reactive ketones (excluding diaryl/α,β-unsaturated/α-hetero) is 1. The first-order valence-corrected chi connectivity index (χ1v) is 13.1. The number of anilines is 1.